The Hall–Kier alpha value is -2.11. The molecule has 0 aromatic carbocycles. The molecule has 1 aliphatic rings. The molecule has 1 aromatic heterocycles. The van der Waals surface area contributed by atoms with Crippen LogP contribution in [0.2, 0.25) is 0 Å². The van der Waals surface area contributed by atoms with Crippen molar-refractivity contribution in [2.75, 3.05) is 6.54 Å². The van der Waals surface area contributed by atoms with Gasteiger partial charge in [-0.3, -0.25) is 4.79 Å². The zero-order valence-corrected chi connectivity index (χ0v) is 9.98. The fourth-order valence-electron chi connectivity index (χ4n) is 1.88. The number of amides is 1. The third kappa shape index (κ3) is 2.38. The van der Waals surface area contributed by atoms with Gasteiger partial charge >= 0.3 is 6.18 Å². The molecule has 1 amide bonds. The van der Waals surface area contributed by atoms with Crippen molar-refractivity contribution in [1.29, 1.82) is 5.26 Å². The summed E-state index contributed by atoms with van der Waals surface area (Å²) in [5.74, 6) is -2.21. The van der Waals surface area contributed by atoms with Crippen LogP contribution in [0.1, 0.15) is 18.6 Å². The summed E-state index contributed by atoms with van der Waals surface area (Å²) in [5, 5.41) is 15.2. The lowest BCUT2D eigenvalue weighted by molar-refractivity contribution is -0.148. The van der Waals surface area contributed by atoms with Crippen LogP contribution in [0.25, 0.3) is 0 Å². The van der Waals surface area contributed by atoms with Crippen molar-refractivity contribution in [3.05, 3.63) is 11.6 Å². The summed E-state index contributed by atoms with van der Waals surface area (Å²) in [4.78, 5) is 13.1. The second-order valence-electron chi connectivity index (χ2n) is 4.20. The van der Waals surface area contributed by atoms with Gasteiger partial charge in [0.25, 0.3) is 0 Å². The average Bonchev–Trinajstić information content (AvgIpc) is 2.79. The molecule has 6 nitrogen and oxygen atoms in total. The Kier molecular flexibility index (Phi) is 3.18. The Morgan fingerprint density at radius 1 is 1.42 bits per heavy atom. The molecule has 0 fully saturated rings. The minimum atomic E-state index is -4.56. The van der Waals surface area contributed by atoms with Gasteiger partial charge in [0.2, 0.25) is 11.7 Å². The lowest BCUT2D eigenvalue weighted by Crippen LogP contribution is -2.41. The number of alkyl halides is 3. The summed E-state index contributed by atoms with van der Waals surface area (Å²) in [5.41, 5.74) is 0. The molecule has 0 radical (unpaired) electrons. The van der Waals surface area contributed by atoms with Crippen molar-refractivity contribution in [2.24, 2.45) is 5.92 Å². The van der Waals surface area contributed by atoms with Gasteiger partial charge in [-0.15, -0.1) is 10.2 Å². The van der Waals surface area contributed by atoms with E-state index >= 15 is 0 Å². The summed E-state index contributed by atoms with van der Waals surface area (Å²) >= 11 is 0. The van der Waals surface area contributed by atoms with E-state index in [0.29, 0.717) is 0 Å². The average molecular weight is 273 g/mol. The maximum atomic E-state index is 12.6. The van der Waals surface area contributed by atoms with Gasteiger partial charge in [0.15, 0.2) is 5.82 Å². The maximum Gasteiger partial charge on any atom is 0.451 e. The van der Waals surface area contributed by atoms with Gasteiger partial charge in [-0.05, 0) is 6.92 Å². The Morgan fingerprint density at radius 2 is 2.11 bits per heavy atom. The normalized spacial score (nSPS) is 16.7. The number of rotatable bonds is 1. The van der Waals surface area contributed by atoms with E-state index in [-0.39, 0.29) is 25.5 Å². The number of fused-ring (bicyclic) bond motifs is 1. The van der Waals surface area contributed by atoms with Gasteiger partial charge in [-0.1, -0.05) is 0 Å². The van der Waals surface area contributed by atoms with Gasteiger partial charge in [0.05, 0.1) is 12.6 Å². The molecule has 102 valence electrons. The maximum absolute atomic E-state index is 12.6. The first kappa shape index (κ1) is 13.3. The highest BCUT2D eigenvalue weighted by Crippen LogP contribution is 2.29. The first-order valence-electron chi connectivity index (χ1n) is 5.52. The van der Waals surface area contributed by atoms with E-state index in [2.05, 4.69) is 10.2 Å². The van der Waals surface area contributed by atoms with E-state index in [0.717, 1.165) is 4.57 Å². The highest BCUT2D eigenvalue weighted by molar-refractivity contribution is 5.80. The molecule has 2 rings (SSSR count). The quantitative estimate of drug-likeness (QED) is 0.758. The van der Waals surface area contributed by atoms with Crippen molar-refractivity contribution in [3.8, 4) is 6.07 Å². The fraction of sp³-hybridized carbons (Fsp3) is 0.600. The number of carbonyl (C=O) groups excluding carboxylic acids is 1. The Bertz CT molecular complexity index is 544. The lowest BCUT2D eigenvalue weighted by atomic mass is 10.1. The Balaban J connectivity index is 2.21. The molecule has 1 aliphatic heterocycles. The number of nitrogens with zero attached hydrogens (tertiary/aromatic N) is 5. The van der Waals surface area contributed by atoms with Gasteiger partial charge in [-0.2, -0.15) is 18.4 Å². The van der Waals surface area contributed by atoms with Crippen LogP contribution in [0.15, 0.2) is 0 Å². The molecule has 2 heterocycles. The SMILES string of the molecule is CC(C#N)C(=O)N1CCn2c(nnc2C(F)(F)F)C1. The summed E-state index contributed by atoms with van der Waals surface area (Å²) in [6, 6.07) is 1.80. The molecule has 1 atom stereocenters. The van der Waals surface area contributed by atoms with Crippen LogP contribution in [0.5, 0.6) is 0 Å². The molecule has 0 bridgehead atoms. The van der Waals surface area contributed by atoms with Crippen LogP contribution >= 0.6 is 0 Å². The molecular formula is C10H10F3N5O. The summed E-state index contributed by atoms with van der Waals surface area (Å²) in [6.45, 7) is 1.47. The van der Waals surface area contributed by atoms with Crippen molar-refractivity contribution in [2.45, 2.75) is 26.2 Å². The summed E-state index contributed by atoms with van der Waals surface area (Å²) in [6.07, 6.45) is -4.56. The lowest BCUT2D eigenvalue weighted by Gasteiger charge is -2.28. The second kappa shape index (κ2) is 4.53. The molecule has 0 N–H and O–H groups in total. The van der Waals surface area contributed by atoms with Gasteiger partial charge in [0, 0.05) is 13.1 Å². The number of carbonyl (C=O) groups is 1. The van der Waals surface area contributed by atoms with Crippen molar-refractivity contribution < 1.29 is 18.0 Å². The van der Waals surface area contributed by atoms with Gasteiger partial charge in [0.1, 0.15) is 5.92 Å². The van der Waals surface area contributed by atoms with Crippen LogP contribution in [-0.4, -0.2) is 32.1 Å². The highest BCUT2D eigenvalue weighted by Gasteiger charge is 2.40. The van der Waals surface area contributed by atoms with Crippen LogP contribution in [0, 0.1) is 17.2 Å². The van der Waals surface area contributed by atoms with E-state index in [1.807, 2.05) is 0 Å². The number of nitriles is 1. The van der Waals surface area contributed by atoms with Gasteiger partial charge < -0.3 is 9.47 Å². The predicted octanol–water partition coefficient (Wildman–Crippen LogP) is 0.799. The van der Waals surface area contributed by atoms with Crippen LogP contribution in [-0.2, 0) is 24.1 Å². The van der Waals surface area contributed by atoms with Crippen molar-refractivity contribution in [3.63, 3.8) is 0 Å². The minimum Gasteiger partial charge on any atom is -0.332 e. The molecular weight excluding hydrogens is 263 g/mol. The molecule has 1 aromatic rings. The molecule has 1 unspecified atom stereocenters. The van der Waals surface area contributed by atoms with Crippen LogP contribution in [0.4, 0.5) is 13.2 Å². The predicted molar refractivity (Wildman–Crippen MR) is 55.2 cm³/mol. The zero-order valence-electron chi connectivity index (χ0n) is 9.98. The largest absolute Gasteiger partial charge is 0.451 e. The molecule has 0 saturated heterocycles. The van der Waals surface area contributed by atoms with Crippen molar-refractivity contribution >= 4 is 5.91 Å². The summed E-state index contributed by atoms with van der Waals surface area (Å²) in [7, 11) is 0. The molecule has 9 heteroatoms. The number of hydrogen-bond donors (Lipinski definition) is 0. The van der Waals surface area contributed by atoms with Crippen LogP contribution in [0.3, 0.4) is 0 Å². The monoisotopic (exact) mass is 273 g/mol. The number of halogens is 3. The molecule has 0 aliphatic carbocycles. The molecule has 0 spiro atoms. The third-order valence-corrected chi connectivity index (χ3v) is 2.88. The van der Waals surface area contributed by atoms with E-state index < -0.39 is 23.8 Å². The van der Waals surface area contributed by atoms with E-state index in [1.54, 1.807) is 6.07 Å². The van der Waals surface area contributed by atoms with E-state index in [1.165, 1.54) is 11.8 Å². The zero-order chi connectivity index (χ0) is 14.2. The number of aromatic nitrogens is 3. The van der Waals surface area contributed by atoms with Gasteiger partial charge in [-0.25, -0.2) is 0 Å². The van der Waals surface area contributed by atoms with Crippen LogP contribution < -0.4 is 0 Å². The minimum absolute atomic E-state index is 0.0267. The van der Waals surface area contributed by atoms with Crippen molar-refractivity contribution in [1.82, 2.24) is 19.7 Å². The Labute approximate surface area is 106 Å². The standard InChI is InChI=1S/C10H10F3N5O/c1-6(4-14)8(19)17-2-3-18-7(5-17)15-16-9(18)10(11,12)13/h6H,2-3,5H2,1H3. The highest BCUT2D eigenvalue weighted by atomic mass is 19.4. The summed E-state index contributed by atoms with van der Waals surface area (Å²) < 4.78 is 38.8. The molecule has 0 saturated carbocycles. The third-order valence-electron chi connectivity index (χ3n) is 2.88. The van der Waals surface area contributed by atoms with E-state index in [9.17, 15) is 18.0 Å². The molecule has 19 heavy (non-hydrogen) atoms. The Morgan fingerprint density at radius 3 is 2.68 bits per heavy atom. The first-order valence-corrected chi connectivity index (χ1v) is 5.52. The first-order chi connectivity index (χ1) is 8.84. The van der Waals surface area contributed by atoms with E-state index in [4.69, 9.17) is 5.26 Å². The number of hydrogen-bond acceptors (Lipinski definition) is 4. The smallest absolute Gasteiger partial charge is 0.332 e. The topological polar surface area (TPSA) is 74.8 Å². The fourth-order valence-corrected chi connectivity index (χ4v) is 1.88. The second-order valence-corrected chi connectivity index (χ2v) is 4.20.